The molecule has 0 saturated carbocycles. The Morgan fingerprint density at radius 2 is 2.08 bits per heavy atom. The van der Waals surface area contributed by atoms with Crippen LogP contribution in [0.2, 0.25) is 0 Å². The van der Waals surface area contributed by atoms with Gasteiger partial charge in [-0.15, -0.1) is 0 Å². The number of hydrogen-bond acceptors (Lipinski definition) is 2. The highest BCUT2D eigenvalue weighted by atomic mass is 15.0. The number of hydrogen-bond donors (Lipinski definition) is 0. The first-order valence-corrected chi connectivity index (χ1v) is 3.88. The normalized spacial score (nSPS) is 11.2. The Kier molecular flexibility index (Phi) is 1.93. The van der Waals surface area contributed by atoms with E-state index in [4.69, 9.17) is 5.26 Å². The summed E-state index contributed by atoms with van der Waals surface area (Å²) in [7, 11) is 1.91. The predicted octanol–water partition coefficient (Wildman–Crippen LogP) is 1.59. The van der Waals surface area contributed by atoms with Crippen molar-refractivity contribution in [2.75, 3.05) is 0 Å². The number of rotatable bonds is 0. The number of aromatic nitrogens is 2. The van der Waals surface area contributed by atoms with Crippen LogP contribution in [0.15, 0.2) is 6.33 Å². The number of nitriles is 1. The van der Waals surface area contributed by atoms with E-state index in [1.165, 1.54) is 0 Å². The Morgan fingerprint density at radius 1 is 1.50 bits per heavy atom. The maximum absolute atomic E-state index is 8.77. The maximum atomic E-state index is 8.77. The van der Waals surface area contributed by atoms with Gasteiger partial charge in [0.05, 0.1) is 12.0 Å². The van der Waals surface area contributed by atoms with Gasteiger partial charge in [-0.25, -0.2) is 4.98 Å². The molecule has 0 bridgehead atoms. The van der Waals surface area contributed by atoms with E-state index in [9.17, 15) is 0 Å². The average molecular weight is 163 g/mol. The van der Waals surface area contributed by atoms with Gasteiger partial charge in [-0.2, -0.15) is 5.26 Å². The molecule has 1 rings (SSSR count). The van der Waals surface area contributed by atoms with Gasteiger partial charge in [-0.3, -0.25) is 0 Å². The highest BCUT2D eigenvalue weighted by Gasteiger charge is 2.22. The molecule has 0 saturated heterocycles. The van der Waals surface area contributed by atoms with E-state index in [2.05, 4.69) is 31.8 Å². The van der Waals surface area contributed by atoms with E-state index in [0.717, 1.165) is 5.69 Å². The summed E-state index contributed by atoms with van der Waals surface area (Å²) in [5, 5.41) is 8.77. The van der Waals surface area contributed by atoms with Crippen molar-refractivity contribution in [2.24, 2.45) is 7.05 Å². The lowest BCUT2D eigenvalue weighted by Crippen LogP contribution is -2.17. The molecule has 0 unspecified atom stereocenters. The van der Waals surface area contributed by atoms with Crippen LogP contribution in [0.5, 0.6) is 0 Å². The summed E-state index contributed by atoms with van der Waals surface area (Å²) in [6.45, 7) is 6.22. The third-order valence-corrected chi connectivity index (χ3v) is 1.75. The molecule has 0 aliphatic rings. The van der Waals surface area contributed by atoms with Crippen LogP contribution in [0.3, 0.4) is 0 Å². The van der Waals surface area contributed by atoms with Crippen LogP contribution in [0.4, 0.5) is 0 Å². The second-order valence-electron chi connectivity index (χ2n) is 3.91. The molecule has 3 heteroatoms. The maximum Gasteiger partial charge on any atom is 0.162 e. The standard InChI is InChI=1S/C9H13N3/c1-9(2,3)8-7(5-10)11-6-12(8)4/h6H,1-4H3. The van der Waals surface area contributed by atoms with Crippen molar-refractivity contribution in [1.82, 2.24) is 9.55 Å². The van der Waals surface area contributed by atoms with Gasteiger partial charge < -0.3 is 4.57 Å². The highest BCUT2D eigenvalue weighted by Crippen LogP contribution is 2.23. The molecule has 1 aromatic heterocycles. The highest BCUT2D eigenvalue weighted by molar-refractivity contribution is 5.31. The minimum Gasteiger partial charge on any atom is -0.336 e. The van der Waals surface area contributed by atoms with E-state index in [1.807, 2.05) is 11.6 Å². The Balaban J connectivity index is 3.32. The number of imidazole rings is 1. The van der Waals surface area contributed by atoms with E-state index in [0.29, 0.717) is 5.69 Å². The topological polar surface area (TPSA) is 41.6 Å². The Morgan fingerprint density at radius 3 is 2.42 bits per heavy atom. The molecule has 1 aromatic rings. The largest absolute Gasteiger partial charge is 0.336 e. The third-order valence-electron chi connectivity index (χ3n) is 1.75. The van der Waals surface area contributed by atoms with Crippen molar-refractivity contribution in [3.63, 3.8) is 0 Å². The van der Waals surface area contributed by atoms with E-state index >= 15 is 0 Å². The van der Waals surface area contributed by atoms with Crippen molar-refractivity contribution in [2.45, 2.75) is 26.2 Å². The van der Waals surface area contributed by atoms with Gasteiger partial charge in [0.15, 0.2) is 5.69 Å². The molecule has 1 heterocycles. The van der Waals surface area contributed by atoms with Gasteiger partial charge in [0.1, 0.15) is 6.07 Å². The van der Waals surface area contributed by atoms with Crippen LogP contribution in [0.25, 0.3) is 0 Å². The SMILES string of the molecule is Cn1cnc(C#N)c1C(C)(C)C. The molecule has 0 N–H and O–H groups in total. The monoisotopic (exact) mass is 163 g/mol. The first-order chi connectivity index (χ1) is 5.46. The molecule has 0 aliphatic carbocycles. The molecule has 0 amide bonds. The van der Waals surface area contributed by atoms with Gasteiger partial charge in [-0.05, 0) is 0 Å². The molecule has 0 spiro atoms. The smallest absolute Gasteiger partial charge is 0.162 e. The summed E-state index contributed by atoms with van der Waals surface area (Å²) >= 11 is 0. The average Bonchev–Trinajstić information content (AvgIpc) is 2.29. The molecule has 0 radical (unpaired) electrons. The first kappa shape index (κ1) is 8.79. The number of nitrogens with zero attached hydrogens (tertiary/aromatic N) is 3. The Bertz CT molecular complexity index is 323. The van der Waals surface area contributed by atoms with Gasteiger partial charge >= 0.3 is 0 Å². The Hall–Kier alpha value is -1.30. The minimum atomic E-state index is -0.0175. The number of aryl methyl sites for hydroxylation is 1. The molecule has 0 fully saturated rings. The zero-order valence-corrected chi connectivity index (χ0v) is 7.92. The van der Waals surface area contributed by atoms with Gasteiger partial charge in [0.25, 0.3) is 0 Å². The fourth-order valence-corrected chi connectivity index (χ4v) is 1.40. The second-order valence-corrected chi connectivity index (χ2v) is 3.91. The lowest BCUT2D eigenvalue weighted by molar-refractivity contribution is 0.541. The summed E-state index contributed by atoms with van der Waals surface area (Å²) in [5.74, 6) is 0. The van der Waals surface area contributed by atoms with Crippen molar-refractivity contribution in [1.29, 1.82) is 5.26 Å². The lowest BCUT2D eigenvalue weighted by Gasteiger charge is -2.19. The summed E-state index contributed by atoms with van der Waals surface area (Å²) in [6, 6.07) is 2.09. The summed E-state index contributed by atoms with van der Waals surface area (Å²) in [6.07, 6.45) is 1.68. The van der Waals surface area contributed by atoms with Crippen molar-refractivity contribution >= 4 is 0 Å². The van der Waals surface area contributed by atoms with Crippen molar-refractivity contribution < 1.29 is 0 Å². The molecule has 12 heavy (non-hydrogen) atoms. The fourth-order valence-electron chi connectivity index (χ4n) is 1.40. The molecular formula is C9H13N3. The van der Waals surface area contributed by atoms with E-state index in [1.54, 1.807) is 6.33 Å². The van der Waals surface area contributed by atoms with Crippen LogP contribution in [0, 0.1) is 11.3 Å². The van der Waals surface area contributed by atoms with Gasteiger partial charge in [0.2, 0.25) is 0 Å². The summed E-state index contributed by atoms with van der Waals surface area (Å²) in [4.78, 5) is 4.00. The quantitative estimate of drug-likeness (QED) is 0.582. The predicted molar refractivity (Wildman–Crippen MR) is 46.6 cm³/mol. The molecule has 0 aromatic carbocycles. The second kappa shape index (κ2) is 2.63. The van der Waals surface area contributed by atoms with E-state index < -0.39 is 0 Å². The summed E-state index contributed by atoms with van der Waals surface area (Å²) < 4.78 is 1.90. The van der Waals surface area contributed by atoms with Crippen LogP contribution >= 0.6 is 0 Å². The zero-order valence-electron chi connectivity index (χ0n) is 7.92. The molecule has 64 valence electrons. The molecule has 0 aliphatic heterocycles. The fraction of sp³-hybridized carbons (Fsp3) is 0.556. The minimum absolute atomic E-state index is 0.0175. The third kappa shape index (κ3) is 1.33. The summed E-state index contributed by atoms with van der Waals surface area (Å²) in [5.41, 5.74) is 1.51. The molecule has 0 atom stereocenters. The van der Waals surface area contributed by atoms with Crippen molar-refractivity contribution in [3.05, 3.63) is 17.7 Å². The zero-order chi connectivity index (χ0) is 9.35. The van der Waals surface area contributed by atoms with Crippen molar-refractivity contribution in [3.8, 4) is 6.07 Å². The molecular weight excluding hydrogens is 150 g/mol. The van der Waals surface area contributed by atoms with Gasteiger partial charge in [-0.1, -0.05) is 20.8 Å². The Labute approximate surface area is 72.7 Å². The van der Waals surface area contributed by atoms with E-state index in [-0.39, 0.29) is 5.41 Å². The molecule has 3 nitrogen and oxygen atoms in total. The van der Waals surface area contributed by atoms with Crippen LogP contribution in [-0.4, -0.2) is 9.55 Å². The van der Waals surface area contributed by atoms with Gasteiger partial charge in [0, 0.05) is 12.5 Å². The first-order valence-electron chi connectivity index (χ1n) is 3.88. The lowest BCUT2D eigenvalue weighted by atomic mass is 9.90. The van der Waals surface area contributed by atoms with Crippen LogP contribution in [0.1, 0.15) is 32.2 Å². The van der Waals surface area contributed by atoms with Crippen LogP contribution < -0.4 is 0 Å². The van der Waals surface area contributed by atoms with Crippen LogP contribution in [-0.2, 0) is 12.5 Å².